The zero-order valence-electron chi connectivity index (χ0n) is 23.7. The second-order valence-corrected chi connectivity index (χ2v) is 11.3. The van der Waals surface area contributed by atoms with Crippen LogP contribution in [0.4, 0.5) is 0 Å². The second-order valence-electron chi connectivity index (χ2n) is 11.3. The number of rotatable bonds is 25. The highest BCUT2D eigenvalue weighted by molar-refractivity contribution is 5.71. The fourth-order valence-corrected chi connectivity index (χ4v) is 4.41. The standard InChI is InChI=1S/C31H58O4/c1-27(2)22-18-14-10-6-5-7-13-17-21-25-31(34)35-29(26-30(32)33)24-20-16-12-9-8-11-15-19-23-28(3)4/h13,17,27-29H,5-12,14-16,18-26H2,1-4H3,(H,32,33). The van der Waals surface area contributed by atoms with E-state index < -0.39 is 12.1 Å². The van der Waals surface area contributed by atoms with Crippen molar-refractivity contribution in [3.63, 3.8) is 0 Å². The SMILES string of the molecule is CC(C)CCCCCCCC=CCCC(=O)OC(CCCCCCCCCCC(C)C)CC(=O)O. The zero-order chi connectivity index (χ0) is 26.2. The Morgan fingerprint density at radius 3 is 1.54 bits per heavy atom. The molecule has 0 aliphatic heterocycles. The third-order valence-electron chi connectivity index (χ3n) is 6.59. The van der Waals surface area contributed by atoms with Crippen LogP contribution in [0.3, 0.4) is 0 Å². The van der Waals surface area contributed by atoms with E-state index in [-0.39, 0.29) is 12.4 Å². The quantitative estimate of drug-likeness (QED) is 0.0779. The van der Waals surface area contributed by atoms with Crippen molar-refractivity contribution in [2.75, 3.05) is 0 Å². The maximum absolute atomic E-state index is 12.2. The van der Waals surface area contributed by atoms with Crippen LogP contribution in [0.15, 0.2) is 12.2 Å². The minimum atomic E-state index is -0.895. The van der Waals surface area contributed by atoms with Gasteiger partial charge in [-0.05, 0) is 43.9 Å². The minimum absolute atomic E-state index is 0.0887. The van der Waals surface area contributed by atoms with E-state index in [9.17, 15) is 9.59 Å². The summed E-state index contributed by atoms with van der Waals surface area (Å²) in [6.07, 6.45) is 25.2. The van der Waals surface area contributed by atoms with Crippen molar-refractivity contribution in [1.29, 1.82) is 0 Å². The summed E-state index contributed by atoms with van der Waals surface area (Å²) in [4.78, 5) is 23.3. The predicted molar refractivity (Wildman–Crippen MR) is 149 cm³/mol. The molecule has 1 unspecified atom stereocenters. The van der Waals surface area contributed by atoms with Crippen LogP contribution in [0.25, 0.3) is 0 Å². The Kier molecular flexibility index (Phi) is 23.5. The van der Waals surface area contributed by atoms with Gasteiger partial charge in [-0.1, -0.05) is 123 Å². The van der Waals surface area contributed by atoms with E-state index in [1.165, 1.54) is 83.5 Å². The summed E-state index contributed by atoms with van der Waals surface area (Å²) in [5.74, 6) is 0.456. The van der Waals surface area contributed by atoms with Gasteiger partial charge in [0.2, 0.25) is 0 Å². The van der Waals surface area contributed by atoms with Crippen molar-refractivity contribution in [3.8, 4) is 0 Å². The summed E-state index contributed by atoms with van der Waals surface area (Å²) < 4.78 is 5.50. The van der Waals surface area contributed by atoms with E-state index in [2.05, 4.69) is 39.8 Å². The Morgan fingerprint density at radius 2 is 1.06 bits per heavy atom. The van der Waals surface area contributed by atoms with Crippen molar-refractivity contribution >= 4 is 11.9 Å². The highest BCUT2D eigenvalue weighted by atomic mass is 16.5. The van der Waals surface area contributed by atoms with E-state index >= 15 is 0 Å². The average Bonchev–Trinajstić information content (AvgIpc) is 2.77. The molecule has 4 heteroatoms. The molecule has 0 spiro atoms. The summed E-state index contributed by atoms with van der Waals surface area (Å²) in [6, 6.07) is 0. The van der Waals surface area contributed by atoms with Crippen molar-refractivity contribution < 1.29 is 19.4 Å². The second kappa shape index (κ2) is 24.4. The molecule has 4 nitrogen and oxygen atoms in total. The number of carboxylic acid groups (broad SMARTS) is 1. The van der Waals surface area contributed by atoms with Gasteiger partial charge in [0.15, 0.2) is 0 Å². The van der Waals surface area contributed by atoms with Gasteiger partial charge in [-0.2, -0.15) is 0 Å². The maximum Gasteiger partial charge on any atom is 0.307 e. The van der Waals surface area contributed by atoms with Crippen LogP contribution < -0.4 is 0 Å². The summed E-state index contributed by atoms with van der Waals surface area (Å²) in [5.41, 5.74) is 0. The molecule has 0 aromatic rings. The number of hydrogen-bond donors (Lipinski definition) is 1. The summed E-state index contributed by atoms with van der Waals surface area (Å²) in [7, 11) is 0. The van der Waals surface area contributed by atoms with Gasteiger partial charge in [-0.25, -0.2) is 0 Å². The molecule has 0 bridgehead atoms. The largest absolute Gasteiger partial charge is 0.481 e. The Labute approximate surface area is 217 Å². The fourth-order valence-electron chi connectivity index (χ4n) is 4.41. The van der Waals surface area contributed by atoms with Crippen LogP contribution in [-0.2, 0) is 14.3 Å². The number of aliphatic carboxylic acids is 1. The lowest BCUT2D eigenvalue weighted by atomic mass is 10.0. The maximum atomic E-state index is 12.2. The van der Waals surface area contributed by atoms with E-state index in [1.54, 1.807) is 0 Å². The number of unbranched alkanes of at least 4 members (excludes halogenated alkanes) is 12. The Hall–Kier alpha value is -1.32. The monoisotopic (exact) mass is 494 g/mol. The van der Waals surface area contributed by atoms with Crippen LogP contribution in [0.5, 0.6) is 0 Å². The van der Waals surface area contributed by atoms with Gasteiger partial charge in [0.1, 0.15) is 6.10 Å². The molecule has 0 aliphatic carbocycles. The summed E-state index contributed by atoms with van der Waals surface area (Å²) in [5, 5.41) is 9.16. The van der Waals surface area contributed by atoms with Gasteiger partial charge in [0.25, 0.3) is 0 Å². The predicted octanol–water partition coefficient (Wildman–Crippen LogP) is 9.65. The molecule has 0 aliphatic rings. The molecule has 0 fully saturated rings. The van der Waals surface area contributed by atoms with Gasteiger partial charge in [0, 0.05) is 6.42 Å². The van der Waals surface area contributed by atoms with Gasteiger partial charge in [0.05, 0.1) is 6.42 Å². The molecule has 1 atom stereocenters. The first-order chi connectivity index (χ1) is 16.8. The Bertz CT molecular complexity index is 524. The lowest BCUT2D eigenvalue weighted by Crippen LogP contribution is -2.21. The molecule has 206 valence electrons. The van der Waals surface area contributed by atoms with E-state index in [0.717, 1.165) is 31.1 Å². The van der Waals surface area contributed by atoms with Crippen molar-refractivity contribution in [1.82, 2.24) is 0 Å². The van der Waals surface area contributed by atoms with Crippen LogP contribution in [0.2, 0.25) is 0 Å². The molecular weight excluding hydrogens is 436 g/mol. The lowest BCUT2D eigenvalue weighted by Gasteiger charge is -2.16. The molecule has 0 aromatic carbocycles. The van der Waals surface area contributed by atoms with Gasteiger partial charge in [-0.3, -0.25) is 9.59 Å². The van der Waals surface area contributed by atoms with Crippen molar-refractivity contribution in [3.05, 3.63) is 12.2 Å². The van der Waals surface area contributed by atoms with E-state index in [1.807, 2.05) is 0 Å². The number of hydrogen-bond acceptors (Lipinski definition) is 3. The topological polar surface area (TPSA) is 63.6 Å². The van der Waals surface area contributed by atoms with Crippen molar-refractivity contribution in [2.45, 2.75) is 162 Å². The van der Waals surface area contributed by atoms with Gasteiger partial charge >= 0.3 is 11.9 Å². The summed E-state index contributed by atoms with van der Waals surface area (Å²) in [6.45, 7) is 9.13. The fraction of sp³-hybridized carbons (Fsp3) is 0.871. The van der Waals surface area contributed by atoms with Crippen LogP contribution in [0, 0.1) is 11.8 Å². The number of carboxylic acids is 1. The molecular formula is C31H58O4. The van der Waals surface area contributed by atoms with Crippen molar-refractivity contribution in [2.24, 2.45) is 11.8 Å². The highest BCUT2D eigenvalue weighted by Gasteiger charge is 2.17. The molecule has 0 saturated heterocycles. The number of ether oxygens (including phenoxy) is 1. The number of allylic oxidation sites excluding steroid dienone is 2. The normalized spacial score (nSPS) is 12.6. The molecule has 0 saturated carbocycles. The first-order valence-electron chi connectivity index (χ1n) is 14.9. The highest BCUT2D eigenvalue weighted by Crippen LogP contribution is 2.16. The molecule has 0 rings (SSSR count). The molecule has 0 aromatic heterocycles. The lowest BCUT2D eigenvalue weighted by molar-refractivity contribution is -0.153. The Morgan fingerprint density at radius 1 is 0.629 bits per heavy atom. The van der Waals surface area contributed by atoms with E-state index in [0.29, 0.717) is 19.3 Å². The zero-order valence-corrected chi connectivity index (χ0v) is 23.7. The number of carbonyl (C=O) groups is 2. The van der Waals surface area contributed by atoms with E-state index in [4.69, 9.17) is 9.84 Å². The smallest absolute Gasteiger partial charge is 0.307 e. The molecule has 0 radical (unpaired) electrons. The number of carbonyl (C=O) groups excluding carboxylic acids is 1. The minimum Gasteiger partial charge on any atom is -0.481 e. The first-order valence-corrected chi connectivity index (χ1v) is 14.9. The van der Waals surface area contributed by atoms with Crippen LogP contribution >= 0.6 is 0 Å². The van der Waals surface area contributed by atoms with Gasteiger partial charge < -0.3 is 9.84 Å². The Balaban J connectivity index is 3.80. The third kappa shape index (κ3) is 27.1. The van der Waals surface area contributed by atoms with Crippen LogP contribution in [0.1, 0.15) is 156 Å². The molecule has 0 heterocycles. The molecule has 0 amide bonds. The third-order valence-corrected chi connectivity index (χ3v) is 6.59. The van der Waals surface area contributed by atoms with Crippen LogP contribution in [-0.4, -0.2) is 23.1 Å². The molecule has 1 N–H and O–H groups in total. The summed E-state index contributed by atoms with van der Waals surface area (Å²) >= 11 is 0. The average molecular weight is 495 g/mol. The number of esters is 1. The molecule has 35 heavy (non-hydrogen) atoms. The first kappa shape index (κ1) is 33.7. The van der Waals surface area contributed by atoms with Gasteiger partial charge in [-0.15, -0.1) is 0 Å².